The zero-order chi connectivity index (χ0) is 12.4. The van der Waals surface area contributed by atoms with Crippen LogP contribution in [-0.2, 0) is 9.59 Å². The van der Waals surface area contributed by atoms with Gasteiger partial charge in [0.15, 0.2) is 0 Å². The minimum absolute atomic E-state index is 0.00358. The number of nitrogens with zero attached hydrogens (tertiary/aromatic N) is 2. The monoisotopic (exact) mass is 257 g/mol. The largest absolute Gasteiger partial charge is 0.336 e. The van der Waals surface area contributed by atoms with E-state index in [9.17, 15) is 9.59 Å². The van der Waals surface area contributed by atoms with Gasteiger partial charge in [-0.3, -0.25) is 9.59 Å². The van der Waals surface area contributed by atoms with Crippen molar-refractivity contribution in [2.24, 2.45) is 0 Å². The lowest BCUT2D eigenvalue weighted by molar-refractivity contribution is -0.144. The van der Waals surface area contributed by atoms with E-state index in [4.69, 9.17) is 0 Å². The van der Waals surface area contributed by atoms with E-state index >= 15 is 0 Å². The van der Waals surface area contributed by atoms with Gasteiger partial charge in [0.05, 0.1) is 5.88 Å². The summed E-state index contributed by atoms with van der Waals surface area (Å²) in [6, 6.07) is -0.0336. The first kappa shape index (κ1) is 12.7. The highest BCUT2D eigenvalue weighted by Gasteiger charge is 2.37. The Morgan fingerprint density at radius 2 is 2.12 bits per heavy atom. The molecule has 2 rings (SSSR count). The zero-order valence-corrected chi connectivity index (χ0v) is 11.1. The Morgan fingerprint density at radius 3 is 2.76 bits per heavy atom. The summed E-state index contributed by atoms with van der Waals surface area (Å²) in [5.74, 6) is 1.48. The smallest absolute Gasteiger partial charge is 0.246 e. The molecule has 1 N–H and O–H groups in total. The van der Waals surface area contributed by atoms with Crippen LogP contribution in [0.25, 0.3) is 0 Å². The van der Waals surface area contributed by atoms with E-state index in [1.165, 1.54) is 6.92 Å². The van der Waals surface area contributed by atoms with E-state index in [0.29, 0.717) is 5.88 Å². The van der Waals surface area contributed by atoms with Gasteiger partial charge in [-0.25, -0.2) is 0 Å². The lowest BCUT2D eigenvalue weighted by Gasteiger charge is -2.37. The first-order valence-corrected chi connectivity index (χ1v) is 7.13. The molecule has 6 heteroatoms. The zero-order valence-electron chi connectivity index (χ0n) is 10.3. The number of carbonyl (C=O) groups is 2. The first-order chi connectivity index (χ1) is 8.11. The van der Waals surface area contributed by atoms with Crippen molar-refractivity contribution in [3.63, 3.8) is 0 Å². The van der Waals surface area contributed by atoms with Crippen molar-refractivity contribution in [1.29, 1.82) is 0 Å². The molecule has 0 aromatic rings. The predicted octanol–water partition coefficient (Wildman–Crippen LogP) is -0.272. The van der Waals surface area contributed by atoms with Crippen molar-refractivity contribution >= 4 is 23.6 Å². The fourth-order valence-electron chi connectivity index (χ4n) is 2.32. The Labute approximate surface area is 106 Å². The number of rotatable bonds is 1. The molecule has 2 aliphatic rings. The molecule has 0 aromatic carbocycles. The molecule has 96 valence electrons. The second-order valence-corrected chi connectivity index (χ2v) is 5.59. The fraction of sp³-hybridized carbons (Fsp3) is 0.818. The third-order valence-corrected chi connectivity index (χ3v) is 4.37. The van der Waals surface area contributed by atoms with Gasteiger partial charge in [-0.15, -0.1) is 11.8 Å². The van der Waals surface area contributed by atoms with Gasteiger partial charge >= 0.3 is 0 Å². The fourth-order valence-corrected chi connectivity index (χ4v) is 3.53. The Bertz CT molecular complexity index is 324. The normalized spacial score (nSPS) is 29.5. The third kappa shape index (κ3) is 2.57. The second kappa shape index (κ2) is 5.27. The van der Waals surface area contributed by atoms with Gasteiger partial charge in [0.1, 0.15) is 6.04 Å². The van der Waals surface area contributed by atoms with Crippen LogP contribution in [-0.4, -0.2) is 65.0 Å². The Morgan fingerprint density at radius 1 is 1.35 bits per heavy atom. The van der Waals surface area contributed by atoms with Gasteiger partial charge in [0.2, 0.25) is 11.8 Å². The maximum absolute atomic E-state index is 12.4. The summed E-state index contributed by atoms with van der Waals surface area (Å²) in [5.41, 5.74) is 0. The van der Waals surface area contributed by atoms with Crippen LogP contribution >= 0.6 is 11.8 Å². The van der Waals surface area contributed by atoms with E-state index in [1.54, 1.807) is 16.7 Å². The van der Waals surface area contributed by atoms with Crippen molar-refractivity contribution in [2.75, 3.05) is 31.3 Å². The molecule has 2 heterocycles. The lowest BCUT2D eigenvalue weighted by Crippen LogP contribution is -2.57. The van der Waals surface area contributed by atoms with Crippen LogP contribution in [0, 0.1) is 0 Å². The lowest BCUT2D eigenvalue weighted by atomic mass is 10.1. The summed E-state index contributed by atoms with van der Waals surface area (Å²) in [6.45, 7) is 6.01. The van der Waals surface area contributed by atoms with Crippen LogP contribution < -0.4 is 5.32 Å². The molecule has 0 unspecified atom stereocenters. The standard InChI is InChI=1S/C11H19N3O2S/c1-8-5-12-3-4-13(8)11(16)10-6-17-7-14(10)9(2)15/h8,10,12H,3-7H2,1-2H3/t8-,10-/m1/s1. The number of hydrogen-bond donors (Lipinski definition) is 1. The summed E-state index contributed by atoms with van der Waals surface area (Å²) in [6.07, 6.45) is 0. The summed E-state index contributed by atoms with van der Waals surface area (Å²) in [4.78, 5) is 27.5. The average Bonchev–Trinajstić information content (AvgIpc) is 2.77. The highest BCUT2D eigenvalue weighted by molar-refractivity contribution is 7.99. The number of hydrogen-bond acceptors (Lipinski definition) is 4. The molecule has 0 spiro atoms. The Kier molecular flexibility index (Phi) is 3.93. The molecular formula is C11H19N3O2S. The van der Waals surface area contributed by atoms with E-state index in [-0.39, 0.29) is 23.9 Å². The van der Waals surface area contributed by atoms with E-state index in [1.807, 2.05) is 11.8 Å². The van der Waals surface area contributed by atoms with Crippen molar-refractivity contribution in [2.45, 2.75) is 25.9 Å². The Balaban J connectivity index is 2.05. The van der Waals surface area contributed by atoms with Crippen molar-refractivity contribution in [3.8, 4) is 0 Å². The Hall–Kier alpha value is -0.750. The van der Waals surface area contributed by atoms with Crippen molar-refractivity contribution in [1.82, 2.24) is 15.1 Å². The predicted molar refractivity (Wildman–Crippen MR) is 67.7 cm³/mol. The molecule has 0 aromatic heterocycles. The second-order valence-electron chi connectivity index (χ2n) is 4.59. The van der Waals surface area contributed by atoms with Crippen LogP contribution in [0.2, 0.25) is 0 Å². The number of piperazine rings is 1. The molecule has 2 atom stereocenters. The summed E-state index contributed by atoms with van der Waals surface area (Å²) < 4.78 is 0. The molecule has 2 aliphatic heterocycles. The maximum Gasteiger partial charge on any atom is 0.246 e. The highest BCUT2D eigenvalue weighted by Crippen LogP contribution is 2.23. The molecule has 0 saturated carbocycles. The molecule has 2 saturated heterocycles. The SMILES string of the molecule is CC(=O)N1CSC[C@@H]1C(=O)N1CCNC[C@H]1C. The van der Waals surface area contributed by atoms with E-state index in [2.05, 4.69) is 5.32 Å². The average molecular weight is 257 g/mol. The van der Waals surface area contributed by atoms with Gasteiger partial charge in [-0.2, -0.15) is 0 Å². The molecule has 17 heavy (non-hydrogen) atoms. The van der Waals surface area contributed by atoms with E-state index < -0.39 is 0 Å². The molecule has 0 radical (unpaired) electrons. The van der Waals surface area contributed by atoms with Crippen molar-refractivity contribution < 1.29 is 9.59 Å². The topological polar surface area (TPSA) is 52.7 Å². The minimum atomic E-state index is -0.252. The van der Waals surface area contributed by atoms with Crippen molar-refractivity contribution in [3.05, 3.63) is 0 Å². The third-order valence-electron chi connectivity index (χ3n) is 3.36. The van der Waals surface area contributed by atoms with Crippen LogP contribution in [0.5, 0.6) is 0 Å². The number of amides is 2. The van der Waals surface area contributed by atoms with Gasteiger partial charge in [-0.05, 0) is 6.92 Å². The van der Waals surface area contributed by atoms with Crippen LogP contribution in [0.1, 0.15) is 13.8 Å². The van der Waals surface area contributed by atoms with Crippen LogP contribution in [0.15, 0.2) is 0 Å². The molecular weight excluding hydrogens is 238 g/mol. The minimum Gasteiger partial charge on any atom is -0.336 e. The molecule has 0 aliphatic carbocycles. The first-order valence-electron chi connectivity index (χ1n) is 5.97. The number of carbonyl (C=O) groups excluding carboxylic acids is 2. The van der Waals surface area contributed by atoms with E-state index in [0.717, 1.165) is 25.4 Å². The quantitative estimate of drug-likeness (QED) is 0.702. The summed E-state index contributed by atoms with van der Waals surface area (Å²) in [5, 5.41) is 3.26. The molecule has 2 fully saturated rings. The van der Waals surface area contributed by atoms with Gasteiger partial charge in [0.25, 0.3) is 0 Å². The number of nitrogens with one attached hydrogen (secondary N) is 1. The highest BCUT2D eigenvalue weighted by atomic mass is 32.2. The maximum atomic E-state index is 12.4. The summed E-state index contributed by atoms with van der Waals surface area (Å²) >= 11 is 1.65. The van der Waals surface area contributed by atoms with Gasteiger partial charge < -0.3 is 15.1 Å². The molecule has 2 amide bonds. The van der Waals surface area contributed by atoms with Crippen LogP contribution in [0.4, 0.5) is 0 Å². The van der Waals surface area contributed by atoms with Gasteiger partial charge in [0, 0.05) is 38.4 Å². The molecule has 0 bridgehead atoms. The summed E-state index contributed by atoms with van der Waals surface area (Å²) in [7, 11) is 0. The van der Waals surface area contributed by atoms with Gasteiger partial charge in [-0.1, -0.05) is 0 Å². The number of thioether (sulfide) groups is 1. The molecule has 5 nitrogen and oxygen atoms in total. The van der Waals surface area contributed by atoms with Crippen LogP contribution in [0.3, 0.4) is 0 Å².